The van der Waals surface area contributed by atoms with E-state index < -0.39 is 6.10 Å². The molecule has 0 spiro atoms. The highest BCUT2D eigenvalue weighted by atomic mass is 16.6. The van der Waals surface area contributed by atoms with Crippen LogP contribution in [-0.4, -0.2) is 37.2 Å². The molecule has 0 unspecified atom stereocenters. The van der Waals surface area contributed by atoms with Crippen molar-refractivity contribution in [3.63, 3.8) is 0 Å². The second-order valence-corrected chi connectivity index (χ2v) is 18.5. The van der Waals surface area contributed by atoms with E-state index in [-0.39, 0.29) is 44.0 Å². The number of esters is 3. The van der Waals surface area contributed by atoms with Gasteiger partial charge >= 0.3 is 17.9 Å². The molecule has 400 valence electrons. The number of hydrogen-bond acceptors (Lipinski definition) is 6. The molecule has 0 N–H and O–H groups in total. The van der Waals surface area contributed by atoms with Crippen LogP contribution in [0.1, 0.15) is 239 Å². The van der Waals surface area contributed by atoms with Gasteiger partial charge in [-0.05, 0) is 128 Å². The molecule has 0 amide bonds. The number of ether oxygens (including phenoxy) is 3. The normalized spacial score (nSPS) is 13.1. The third-order valence-electron chi connectivity index (χ3n) is 11.6. The first-order chi connectivity index (χ1) is 35.0. The Morgan fingerprint density at radius 3 is 0.944 bits per heavy atom. The summed E-state index contributed by atoms with van der Waals surface area (Å²) in [5.74, 6) is -1.04. The van der Waals surface area contributed by atoms with Crippen molar-refractivity contribution in [1.29, 1.82) is 0 Å². The summed E-state index contributed by atoms with van der Waals surface area (Å²) in [5.41, 5.74) is 0. The number of carbonyl (C=O) groups is 3. The lowest BCUT2D eigenvalue weighted by atomic mass is 10.1. The van der Waals surface area contributed by atoms with Crippen molar-refractivity contribution in [2.24, 2.45) is 0 Å². The molecule has 0 aromatic heterocycles. The van der Waals surface area contributed by atoms with Crippen molar-refractivity contribution in [1.82, 2.24) is 0 Å². The monoisotopic (exact) mass is 981 g/mol. The van der Waals surface area contributed by atoms with Crippen LogP contribution in [0.3, 0.4) is 0 Å². The van der Waals surface area contributed by atoms with Gasteiger partial charge in [0.05, 0.1) is 0 Å². The van der Waals surface area contributed by atoms with Crippen LogP contribution in [0.2, 0.25) is 0 Å². The van der Waals surface area contributed by atoms with Crippen LogP contribution in [0.5, 0.6) is 0 Å². The van der Waals surface area contributed by atoms with E-state index in [0.717, 1.165) is 116 Å². The van der Waals surface area contributed by atoms with Gasteiger partial charge in [0.15, 0.2) is 6.10 Å². The van der Waals surface area contributed by atoms with E-state index >= 15 is 0 Å². The molecule has 71 heavy (non-hydrogen) atoms. The largest absolute Gasteiger partial charge is 0.462 e. The number of hydrogen-bond donors (Lipinski definition) is 0. The Morgan fingerprint density at radius 1 is 0.296 bits per heavy atom. The molecule has 0 aliphatic rings. The summed E-state index contributed by atoms with van der Waals surface area (Å²) in [6, 6.07) is 0. The van der Waals surface area contributed by atoms with Gasteiger partial charge in [0, 0.05) is 19.3 Å². The quantitative estimate of drug-likeness (QED) is 0.0262. The fourth-order valence-corrected chi connectivity index (χ4v) is 7.33. The molecule has 1 atom stereocenters. The molecule has 0 aromatic carbocycles. The van der Waals surface area contributed by atoms with E-state index in [4.69, 9.17) is 14.2 Å². The van der Waals surface area contributed by atoms with Gasteiger partial charge < -0.3 is 14.2 Å². The number of rotatable bonds is 50. The highest BCUT2D eigenvalue weighted by Gasteiger charge is 2.19. The number of carbonyl (C=O) groups excluding carboxylic acids is 3. The zero-order valence-corrected chi connectivity index (χ0v) is 45.7. The molecule has 0 heterocycles. The van der Waals surface area contributed by atoms with Crippen molar-refractivity contribution in [3.05, 3.63) is 134 Å². The molecule has 0 fully saturated rings. The van der Waals surface area contributed by atoms with Crippen LogP contribution >= 0.6 is 0 Å². The van der Waals surface area contributed by atoms with E-state index in [1.54, 1.807) is 0 Å². The molecular weight excluding hydrogens is 877 g/mol. The maximum atomic E-state index is 12.9. The van der Waals surface area contributed by atoms with Gasteiger partial charge in [-0.3, -0.25) is 14.4 Å². The molecule has 0 rings (SSSR count). The predicted molar refractivity (Wildman–Crippen MR) is 306 cm³/mol. The summed E-state index contributed by atoms with van der Waals surface area (Å²) >= 11 is 0. The van der Waals surface area contributed by atoms with Gasteiger partial charge in [0.25, 0.3) is 0 Å². The Hall–Kier alpha value is -4.45. The van der Waals surface area contributed by atoms with Gasteiger partial charge in [-0.1, -0.05) is 225 Å². The average molecular weight is 982 g/mol. The highest BCUT2D eigenvalue weighted by Crippen LogP contribution is 2.13. The summed E-state index contributed by atoms with van der Waals surface area (Å²) in [5, 5.41) is 0. The third kappa shape index (κ3) is 56.3. The lowest BCUT2D eigenvalue weighted by Crippen LogP contribution is -2.30. The van der Waals surface area contributed by atoms with Crippen LogP contribution < -0.4 is 0 Å². The van der Waals surface area contributed by atoms with Gasteiger partial charge in [0.2, 0.25) is 0 Å². The molecule has 6 nitrogen and oxygen atoms in total. The molecule has 6 heteroatoms. The average Bonchev–Trinajstić information content (AvgIpc) is 3.37. The first kappa shape index (κ1) is 66.6. The lowest BCUT2D eigenvalue weighted by Gasteiger charge is -2.18. The smallest absolute Gasteiger partial charge is 0.306 e. The number of unbranched alkanes of at least 4 members (excludes halogenated alkanes) is 17. The van der Waals surface area contributed by atoms with Crippen LogP contribution in [0.4, 0.5) is 0 Å². The molecule has 0 aromatic rings. The molecule has 0 bridgehead atoms. The molecule has 0 saturated heterocycles. The Labute approximate surface area is 436 Å². The first-order valence-corrected chi connectivity index (χ1v) is 28.7. The zero-order chi connectivity index (χ0) is 51.4. The predicted octanol–water partition coefficient (Wildman–Crippen LogP) is 19.4. The Kier molecular flexibility index (Phi) is 54.5. The lowest BCUT2D eigenvalue weighted by molar-refractivity contribution is -0.166. The van der Waals surface area contributed by atoms with E-state index in [0.29, 0.717) is 12.8 Å². The minimum Gasteiger partial charge on any atom is -0.462 e. The Bertz CT molecular complexity index is 1550. The van der Waals surface area contributed by atoms with Crippen LogP contribution in [0, 0.1) is 0 Å². The number of allylic oxidation sites excluding steroid dienone is 22. The summed E-state index contributed by atoms with van der Waals surface area (Å²) in [6.45, 7) is 6.37. The van der Waals surface area contributed by atoms with E-state index in [2.05, 4.69) is 142 Å². The van der Waals surface area contributed by atoms with Crippen LogP contribution in [-0.2, 0) is 28.6 Å². The molecular formula is C65H104O6. The molecule has 0 saturated carbocycles. The maximum Gasteiger partial charge on any atom is 0.306 e. The topological polar surface area (TPSA) is 78.9 Å². The first-order valence-electron chi connectivity index (χ1n) is 28.7. The fraction of sp³-hybridized carbons (Fsp3) is 0.615. The minimum absolute atomic E-state index is 0.119. The molecule has 0 aliphatic carbocycles. The minimum atomic E-state index is -0.830. The Morgan fingerprint density at radius 2 is 0.577 bits per heavy atom. The zero-order valence-electron chi connectivity index (χ0n) is 45.7. The summed E-state index contributed by atoms with van der Waals surface area (Å²) in [7, 11) is 0. The highest BCUT2D eigenvalue weighted by molar-refractivity contribution is 5.71. The fourth-order valence-electron chi connectivity index (χ4n) is 7.33. The van der Waals surface area contributed by atoms with E-state index in [9.17, 15) is 14.4 Å². The van der Waals surface area contributed by atoms with Crippen molar-refractivity contribution >= 4 is 17.9 Å². The Balaban J connectivity index is 4.58. The summed E-state index contributed by atoms with van der Waals surface area (Å²) in [6.07, 6.45) is 81.6. The van der Waals surface area contributed by atoms with Gasteiger partial charge in [0.1, 0.15) is 13.2 Å². The van der Waals surface area contributed by atoms with Crippen molar-refractivity contribution in [2.75, 3.05) is 13.2 Å². The maximum absolute atomic E-state index is 12.9. The second-order valence-electron chi connectivity index (χ2n) is 18.5. The summed E-state index contributed by atoms with van der Waals surface area (Å²) < 4.78 is 16.8. The van der Waals surface area contributed by atoms with Crippen LogP contribution in [0.15, 0.2) is 134 Å². The van der Waals surface area contributed by atoms with Gasteiger partial charge in [-0.15, -0.1) is 0 Å². The standard InChI is InChI=1S/C65H104O6/c1-4-7-10-13-16-19-22-25-28-31-32-35-37-40-43-46-49-52-55-58-64(67)70-61-62(71-65(68)59-56-53-50-47-44-41-38-34-30-27-24-21-18-15-12-9-6-3)60-69-63(66)57-54-51-48-45-42-39-36-33-29-26-23-20-17-14-11-8-5-2/h7,10,16-21,25-30,32,35,38,40-41,43,49,52,62H,4-6,8-9,11-15,22-24,31,33-34,36-37,39,42,44-48,50-51,53-61H2,1-3H3/b10-7+,19-16+,20-17+,21-18+,28-25+,29-26+,30-27+,35-32+,41-38+,43-40+,52-49+/t62-/m1/s1. The van der Waals surface area contributed by atoms with Crippen molar-refractivity contribution < 1.29 is 28.6 Å². The molecule has 0 aliphatic heterocycles. The SMILES string of the molecule is CC/C=C/C/C=C/C/C=C/C/C=C/C/C=C/C/C=C/CCC(=O)OC[C@@H](COC(=O)CCCCCCCCC/C=C/C/C=C/CCCCC)OC(=O)CCCCCC/C=C/C/C=C/C/C=C/CCCCC. The van der Waals surface area contributed by atoms with Gasteiger partial charge in [-0.25, -0.2) is 0 Å². The molecule has 0 radical (unpaired) electrons. The third-order valence-corrected chi connectivity index (χ3v) is 11.6. The summed E-state index contributed by atoms with van der Waals surface area (Å²) in [4.78, 5) is 38.1. The van der Waals surface area contributed by atoms with E-state index in [1.165, 1.54) is 77.0 Å². The van der Waals surface area contributed by atoms with Crippen molar-refractivity contribution in [3.8, 4) is 0 Å². The van der Waals surface area contributed by atoms with Crippen LogP contribution in [0.25, 0.3) is 0 Å². The van der Waals surface area contributed by atoms with E-state index in [1.807, 2.05) is 12.2 Å². The second kappa shape index (κ2) is 58.1. The van der Waals surface area contributed by atoms with Gasteiger partial charge in [-0.2, -0.15) is 0 Å². The van der Waals surface area contributed by atoms with Crippen molar-refractivity contribution in [2.45, 2.75) is 245 Å².